The number of nitrogens with one attached hydrogen (secondary N) is 1. The number of halogens is 1. The lowest BCUT2D eigenvalue weighted by atomic mass is 10.0. The van der Waals surface area contributed by atoms with E-state index in [2.05, 4.69) is 5.32 Å². The summed E-state index contributed by atoms with van der Waals surface area (Å²) in [4.78, 5) is 30.8. The zero-order chi connectivity index (χ0) is 34.9. The summed E-state index contributed by atoms with van der Waals surface area (Å²) in [5, 5.41) is 3.00. The van der Waals surface area contributed by atoms with Gasteiger partial charge in [-0.3, -0.25) is 13.9 Å². The highest BCUT2D eigenvalue weighted by Gasteiger charge is 2.35. The summed E-state index contributed by atoms with van der Waals surface area (Å²) < 4.78 is 49.1. The first-order valence-corrected chi connectivity index (χ1v) is 18.3. The van der Waals surface area contributed by atoms with Gasteiger partial charge in [0, 0.05) is 23.4 Å². The maximum absolute atomic E-state index is 14.6. The maximum atomic E-state index is 14.6. The molecule has 254 valence electrons. The van der Waals surface area contributed by atoms with Gasteiger partial charge in [-0.2, -0.15) is 0 Å². The van der Waals surface area contributed by atoms with Gasteiger partial charge in [-0.1, -0.05) is 42.5 Å². The fourth-order valence-electron chi connectivity index (χ4n) is 5.07. The van der Waals surface area contributed by atoms with E-state index in [0.29, 0.717) is 17.9 Å². The predicted molar refractivity (Wildman–Crippen MR) is 189 cm³/mol. The number of benzene rings is 4. The molecule has 4 aromatic carbocycles. The van der Waals surface area contributed by atoms with Crippen molar-refractivity contribution in [2.24, 2.45) is 0 Å². The molecule has 0 spiro atoms. The van der Waals surface area contributed by atoms with Gasteiger partial charge < -0.3 is 15.0 Å². The van der Waals surface area contributed by atoms with Crippen molar-refractivity contribution >= 4 is 39.3 Å². The fourth-order valence-corrected chi connectivity index (χ4v) is 6.89. The second-order valence-corrected chi connectivity index (χ2v) is 14.9. The molecule has 0 radical (unpaired) electrons. The first-order valence-electron chi connectivity index (χ1n) is 15.6. The molecule has 0 heterocycles. The smallest absolute Gasteiger partial charge is 0.264 e. The van der Waals surface area contributed by atoms with Crippen LogP contribution in [0.1, 0.15) is 38.8 Å². The Morgan fingerprint density at radius 2 is 1.50 bits per heavy atom. The van der Waals surface area contributed by atoms with Crippen LogP contribution in [-0.2, 0) is 32.6 Å². The summed E-state index contributed by atoms with van der Waals surface area (Å²) in [5.41, 5.74) is 1.03. The van der Waals surface area contributed by atoms with E-state index in [0.717, 1.165) is 14.8 Å². The molecule has 0 aliphatic rings. The number of amides is 2. The molecule has 0 fully saturated rings. The number of carbonyl (C=O) groups excluding carboxylic acids is 2. The summed E-state index contributed by atoms with van der Waals surface area (Å²) in [5.74, 6) is -0.899. The number of ether oxygens (including phenoxy) is 1. The van der Waals surface area contributed by atoms with Gasteiger partial charge in [-0.25, -0.2) is 12.8 Å². The molecule has 1 N–H and O–H groups in total. The third-order valence-corrected chi connectivity index (χ3v) is 9.93. The minimum Gasteiger partial charge on any atom is -0.494 e. The van der Waals surface area contributed by atoms with Crippen molar-refractivity contribution in [2.45, 2.75) is 62.0 Å². The van der Waals surface area contributed by atoms with E-state index >= 15 is 0 Å². The van der Waals surface area contributed by atoms with E-state index in [-0.39, 0.29) is 23.5 Å². The van der Waals surface area contributed by atoms with Crippen molar-refractivity contribution < 1.29 is 27.1 Å². The van der Waals surface area contributed by atoms with Crippen LogP contribution in [0.3, 0.4) is 0 Å². The van der Waals surface area contributed by atoms with Crippen LogP contribution in [0.5, 0.6) is 5.75 Å². The maximum Gasteiger partial charge on any atom is 0.264 e. The van der Waals surface area contributed by atoms with Gasteiger partial charge in [0.25, 0.3) is 10.0 Å². The SMILES string of the molecule is CCOc1ccc(N(CC(=O)N(Cc2ccc(F)cc2)[C@H](Cc2ccccc2)C(=O)NC(C)(C)C)S(=O)(=O)c2ccc(SC)cc2)cc1. The number of anilines is 1. The van der Waals surface area contributed by atoms with Crippen molar-refractivity contribution in [1.82, 2.24) is 10.2 Å². The number of hydrogen-bond donors (Lipinski definition) is 1. The highest BCUT2D eigenvalue weighted by atomic mass is 32.2. The molecule has 0 saturated carbocycles. The lowest BCUT2D eigenvalue weighted by molar-refractivity contribution is -0.140. The van der Waals surface area contributed by atoms with Crippen molar-refractivity contribution in [3.8, 4) is 5.75 Å². The highest BCUT2D eigenvalue weighted by molar-refractivity contribution is 7.98. The van der Waals surface area contributed by atoms with Crippen molar-refractivity contribution in [1.29, 1.82) is 0 Å². The summed E-state index contributed by atoms with van der Waals surface area (Å²) in [6.45, 7) is 7.15. The van der Waals surface area contributed by atoms with E-state index in [1.54, 1.807) is 48.5 Å². The fraction of sp³-hybridized carbons (Fsp3) is 0.297. The van der Waals surface area contributed by atoms with E-state index in [1.807, 2.05) is 64.3 Å². The number of carbonyl (C=O) groups is 2. The van der Waals surface area contributed by atoms with Gasteiger partial charge in [0.15, 0.2) is 0 Å². The molecule has 4 aromatic rings. The van der Waals surface area contributed by atoms with E-state index in [1.165, 1.54) is 40.9 Å². The first-order chi connectivity index (χ1) is 22.8. The molecule has 4 rings (SSSR count). The second kappa shape index (κ2) is 16.2. The van der Waals surface area contributed by atoms with Crippen LogP contribution < -0.4 is 14.4 Å². The number of sulfonamides is 1. The topological polar surface area (TPSA) is 96.0 Å². The van der Waals surface area contributed by atoms with Gasteiger partial charge >= 0.3 is 0 Å². The average molecular weight is 692 g/mol. The van der Waals surface area contributed by atoms with Crippen LogP contribution in [0, 0.1) is 5.82 Å². The molecule has 1 atom stereocenters. The Bertz CT molecular complexity index is 1760. The van der Waals surface area contributed by atoms with E-state index < -0.39 is 45.8 Å². The molecule has 0 unspecified atom stereocenters. The third kappa shape index (κ3) is 9.84. The second-order valence-electron chi connectivity index (χ2n) is 12.2. The standard InChI is InChI=1S/C37H42FN3O5S2/c1-6-46-31-18-16-30(17-19-31)41(48(44,45)33-22-20-32(47-5)21-23-33)26-35(42)40(25-28-12-14-29(38)15-13-28)34(36(43)39-37(2,3)4)24-27-10-8-7-9-11-27/h7-23,34H,6,24-26H2,1-5H3,(H,39,43)/t34-/m1/s1. The van der Waals surface area contributed by atoms with Gasteiger partial charge in [0.2, 0.25) is 11.8 Å². The van der Waals surface area contributed by atoms with Gasteiger partial charge in [-0.05, 0) is 106 Å². The molecule has 8 nitrogen and oxygen atoms in total. The molecule has 0 aromatic heterocycles. The van der Waals surface area contributed by atoms with Crippen LogP contribution in [0.25, 0.3) is 0 Å². The van der Waals surface area contributed by atoms with Crippen LogP contribution >= 0.6 is 11.8 Å². The Morgan fingerprint density at radius 1 is 0.875 bits per heavy atom. The molecule has 48 heavy (non-hydrogen) atoms. The zero-order valence-electron chi connectivity index (χ0n) is 27.9. The van der Waals surface area contributed by atoms with Gasteiger partial charge in [0.1, 0.15) is 24.2 Å². The minimum atomic E-state index is -4.26. The normalized spacial score (nSPS) is 12.2. The van der Waals surface area contributed by atoms with Crippen LogP contribution in [-0.4, -0.2) is 56.1 Å². The predicted octanol–water partition coefficient (Wildman–Crippen LogP) is 6.70. The quantitative estimate of drug-likeness (QED) is 0.148. The van der Waals surface area contributed by atoms with Crippen LogP contribution in [0.15, 0.2) is 113 Å². The molecule has 0 bridgehead atoms. The van der Waals surface area contributed by atoms with Crippen LogP contribution in [0.2, 0.25) is 0 Å². The Morgan fingerprint density at radius 3 is 2.06 bits per heavy atom. The molecule has 0 saturated heterocycles. The Kier molecular flexibility index (Phi) is 12.3. The minimum absolute atomic E-state index is 0.0124. The molecule has 0 aliphatic heterocycles. The Labute approximate surface area is 287 Å². The lowest BCUT2D eigenvalue weighted by Crippen LogP contribution is -2.56. The van der Waals surface area contributed by atoms with Crippen molar-refractivity contribution in [3.05, 3.63) is 120 Å². The number of nitrogens with zero attached hydrogens (tertiary/aromatic N) is 2. The molecule has 0 aliphatic carbocycles. The highest BCUT2D eigenvalue weighted by Crippen LogP contribution is 2.28. The van der Waals surface area contributed by atoms with Crippen molar-refractivity contribution in [2.75, 3.05) is 23.7 Å². The van der Waals surface area contributed by atoms with E-state index in [9.17, 15) is 22.4 Å². The number of hydrogen-bond acceptors (Lipinski definition) is 6. The lowest BCUT2D eigenvalue weighted by Gasteiger charge is -2.35. The molecular weight excluding hydrogens is 650 g/mol. The summed E-state index contributed by atoms with van der Waals surface area (Å²) in [6, 6.07) is 26.9. The van der Waals surface area contributed by atoms with Crippen molar-refractivity contribution in [3.63, 3.8) is 0 Å². The zero-order valence-corrected chi connectivity index (χ0v) is 29.5. The average Bonchev–Trinajstić information content (AvgIpc) is 3.06. The summed E-state index contributed by atoms with van der Waals surface area (Å²) in [7, 11) is -4.26. The van der Waals surface area contributed by atoms with Gasteiger partial charge in [-0.15, -0.1) is 11.8 Å². The molecular formula is C37H42FN3O5S2. The molecule has 2 amide bonds. The summed E-state index contributed by atoms with van der Waals surface area (Å²) in [6.07, 6.45) is 2.06. The first kappa shape index (κ1) is 36.5. The Hall–Kier alpha value is -4.35. The number of thioether (sulfide) groups is 1. The van der Waals surface area contributed by atoms with Gasteiger partial charge in [0.05, 0.1) is 17.2 Å². The monoisotopic (exact) mass is 691 g/mol. The van der Waals surface area contributed by atoms with Crippen LogP contribution in [0.4, 0.5) is 10.1 Å². The summed E-state index contributed by atoms with van der Waals surface area (Å²) >= 11 is 1.48. The molecule has 11 heteroatoms. The third-order valence-electron chi connectivity index (χ3n) is 7.40. The van der Waals surface area contributed by atoms with E-state index in [4.69, 9.17) is 4.74 Å². The Balaban J connectivity index is 1.81. The largest absolute Gasteiger partial charge is 0.494 e. The number of rotatable bonds is 14.